The molecule has 4 nitrogen and oxygen atoms in total. The summed E-state index contributed by atoms with van der Waals surface area (Å²) in [5.74, 6) is 1.17. The average Bonchev–Trinajstić information content (AvgIpc) is 2.16. The number of nitrogens with two attached hydrogens (primary N) is 1. The van der Waals surface area contributed by atoms with Gasteiger partial charge in [0.15, 0.2) is 0 Å². The number of hydrogen-bond acceptors (Lipinski definition) is 4. The van der Waals surface area contributed by atoms with Crippen molar-refractivity contribution in [3.05, 3.63) is 24.3 Å². The Labute approximate surface area is 82.4 Å². The molecule has 0 aliphatic carbocycles. The first-order valence-corrected chi connectivity index (χ1v) is 4.38. The molecule has 0 saturated heterocycles. The number of para-hydroxylation sites is 1. The second-order valence-electron chi connectivity index (χ2n) is 3.32. The molecule has 2 rings (SSSR count). The van der Waals surface area contributed by atoms with Gasteiger partial charge in [0.2, 0.25) is 5.95 Å². The first-order chi connectivity index (χ1) is 6.68. The van der Waals surface area contributed by atoms with Gasteiger partial charge >= 0.3 is 0 Å². The van der Waals surface area contributed by atoms with Gasteiger partial charge in [0.25, 0.3) is 0 Å². The summed E-state index contributed by atoms with van der Waals surface area (Å²) in [5, 5.41) is 1.02. The molecule has 4 heteroatoms. The van der Waals surface area contributed by atoms with E-state index in [0.29, 0.717) is 5.95 Å². The van der Waals surface area contributed by atoms with Gasteiger partial charge in [-0.05, 0) is 12.1 Å². The van der Waals surface area contributed by atoms with Crippen molar-refractivity contribution < 1.29 is 0 Å². The largest absolute Gasteiger partial charge is 0.368 e. The molecule has 0 fully saturated rings. The van der Waals surface area contributed by atoms with Gasteiger partial charge in [-0.3, -0.25) is 0 Å². The number of aromatic nitrogens is 2. The molecule has 1 heterocycles. The van der Waals surface area contributed by atoms with E-state index < -0.39 is 0 Å². The van der Waals surface area contributed by atoms with Gasteiger partial charge in [-0.15, -0.1) is 0 Å². The smallest absolute Gasteiger partial charge is 0.222 e. The zero-order valence-corrected chi connectivity index (χ0v) is 8.23. The van der Waals surface area contributed by atoms with Crippen LogP contribution in [-0.2, 0) is 0 Å². The first kappa shape index (κ1) is 8.74. The summed E-state index contributed by atoms with van der Waals surface area (Å²) in [6, 6.07) is 7.83. The predicted octanol–water partition coefficient (Wildman–Crippen LogP) is 1.28. The van der Waals surface area contributed by atoms with E-state index in [1.54, 1.807) is 0 Å². The summed E-state index contributed by atoms with van der Waals surface area (Å²) in [7, 11) is 3.88. The minimum absolute atomic E-state index is 0.312. The van der Waals surface area contributed by atoms with Crippen molar-refractivity contribution in [2.45, 2.75) is 0 Å². The minimum Gasteiger partial charge on any atom is -0.368 e. The van der Waals surface area contributed by atoms with E-state index in [9.17, 15) is 0 Å². The van der Waals surface area contributed by atoms with Gasteiger partial charge in [-0.2, -0.15) is 4.98 Å². The van der Waals surface area contributed by atoms with Crippen LogP contribution in [0.15, 0.2) is 24.3 Å². The van der Waals surface area contributed by atoms with Crippen molar-refractivity contribution in [2.75, 3.05) is 24.7 Å². The van der Waals surface area contributed by atoms with Crippen molar-refractivity contribution in [1.29, 1.82) is 0 Å². The Balaban J connectivity index is 2.80. The normalized spacial score (nSPS) is 10.4. The number of hydrogen-bond donors (Lipinski definition) is 1. The molecule has 0 aliphatic rings. The van der Waals surface area contributed by atoms with Crippen LogP contribution < -0.4 is 10.6 Å². The van der Waals surface area contributed by atoms with Gasteiger partial charge < -0.3 is 10.6 Å². The minimum atomic E-state index is 0.312. The molecule has 0 amide bonds. The molecule has 0 aliphatic heterocycles. The van der Waals surface area contributed by atoms with Crippen LogP contribution in [0.3, 0.4) is 0 Å². The molecule has 0 spiro atoms. The van der Waals surface area contributed by atoms with E-state index in [1.807, 2.05) is 43.3 Å². The number of benzene rings is 1. The number of anilines is 2. The number of nitrogens with zero attached hydrogens (tertiary/aromatic N) is 3. The van der Waals surface area contributed by atoms with Crippen molar-refractivity contribution in [3.8, 4) is 0 Å². The summed E-state index contributed by atoms with van der Waals surface area (Å²) in [5.41, 5.74) is 6.49. The van der Waals surface area contributed by atoms with Crippen LogP contribution in [0.1, 0.15) is 0 Å². The van der Waals surface area contributed by atoms with Gasteiger partial charge in [0.05, 0.1) is 5.52 Å². The van der Waals surface area contributed by atoms with Crippen molar-refractivity contribution >= 4 is 22.7 Å². The SMILES string of the molecule is CN(C)c1nc(N)nc2ccccc12. The first-order valence-electron chi connectivity index (χ1n) is 4.38. The maximum absolute atomic E-state index is 5.61. The Morgan fingerprint density at radius 2 is 1.86 bits per heavy atom. The maximum atomic E-state index is 5.61. The molecule has 2 N–H and O–H groups in total. The lowest BCUT2D eigenvalue weighted by Crippen LogP contribution is -2.12. The molecule has 1 aromatic carbocycles. The van der Waals surface area contributed by atoms with E-state index in [0.717, 1.165) is 16.7 Å². The summed E-state index contributed by atoms with van der Waals surface area (Å²) >= 11 is 0. The van der Waals surface area contributed by atoms with E-state index in [-0.39, 0.29) is 0 Å². The summed E-state index contributed by atoms with van der Waals surface area (Å²) in [6.45, 7) is 0. The van der Waals surface area contributed by atoms with Crippen LogP contribution in [0.4, 0.5) is 11.8 Å². The third-order valence-electron chi connectivity index (χ3n) is 2.02. The monoisotopic (exact) mass is 188 g/mol. The van der Waals surface area contributed by atoms with E-state index in [1.165, 1.54) is 0 Å². The Bertz CT molecular complexity index is 465. The zero-order chi connectivity index (χ0) is 10.1. The third kappa shape index (κ3) is 1.35. The number of nitrogen functional groups attached to an aromatic ring is 1. The van der Waals surface area contributed by atoms with Crippen molar-refractivity contribution in [3.63, 3.8) is 0 Å². The van der Waals surface area contributed by atoms with Crippen molar-refractivity contribution in [1.82, 2.24) is 9.97 Å². The van der Waals surface area contributed by atoms with Crippen LogP contribution >= 0.6 is 0 Å². The molecular formula is C10H12N4. The van der Waals surface area contributed by atoms with Gasteiger partial charge in [0, 0.05) is 19.5 Å². The molecule has 0 radical (unpaired) electrons. The molecule has 72 valence electrons. The van der Waals surface area contributed by atoms with Crippen LogP contribution in [0, 0.1) is 0 Å². The molecule has 0 bridgehead atoms. The fourth-order valence-electron chi connectivity index (χ4n) is 1.42. The number of rotatable bonds is 1. The molecule has 2 aromatic rings. The van der Waals surface area contributed by atoms with Crippen molar-refractivity contribution in [2.24, 2.45) is 0 Å². The molecule has 0 unspecified atom stereocenters. The topological polar surface area (TPSA) is 55.0 Å². The van der Waals surface area contributed by atoms with Crippen LogP contribution in [-0.4, -0.2) is 24.1 Å². The second-order valence-corrected chi connectivity index (χ2v) is 3.32. The lowest BCUT2D eigenvalue weighted by Gasteiger charge is -2.13. The molecular weight excluding hydrogens is 176 g/mol. The highest BCUT2D eigenvalue weighted by atomic mass is 15.2. The molecule has 14 heavy (non-hydrogen) atoms. The maximum Gasteiger partial charge on any atom is 0.222 e. The Morgan fingerprint density at radius 1 is 1.14 bits per heavy atom. The van der Waals surface area contributed by atoms with Gasteiger partial charge in [0.1, 0.15) is 5.82 Å². The van der Waals surface area contributed by atoms with Crippen LogP contribution in [0.25, 0.3) is 10.9 Å². The highest BCUT2D eigenvalue weighted by Gasteiger charge is 2.06. The quantitative estimate of drug-likeness (QED) is 0.732. The molecule has 0 saturated carbocycles. The van der Waals surface area contributed by atoms with Gasteiger partial charge in [-0.25, -0.2) is 4.98 Å². The Hall–Kier alpha value is -1.84. The van der Waals surface area contributed by atoms with Gasteiger partial charge in [-0.1, -0.05) is 12.1 Å². The average molecular weight is 188 g/mol. The van der Waals surface area contributed by atoms with Crippen LogP contribution in [0.2, 0.25) is 0 Å². The predicted molar refractivity (Wildman–Crippen MR) is 58.3 cm³/mol. The number of fused-ring (bicyclic) bond motifs is 1. The molecule has 1 aromatic heterocycles. The highest BCUT2D eigenvalue weighted by molar-refractivity contribution is 5.90. The van der Waals surface area contributed by atoms with E-state index >= 15 is 0 Å². The summed E-state index contributed by atoms with van der Waals surface area (Å²) in [6.07, 6.45) is 0. The Morgan fingerprint density at radius 3 is 2.57 bits per heavy atom. The lowest BCUT2D eigenvalue weighted by atomic mass is 10.2. The standard InChI is InChI=1S/C10H12N4/c1-14(2)9-7-5-3-4-6-8(7)12-10(11)13-9/h3-6H,1-2H3,(H2,11,12,13). The summed E-state index contributed by atoms with van der Waals surface area (Å²) in [4.78, 5) is 10.3. The molecule has 0 atom stereocenters. The van der Waals surface area contributed by atoms with E-state index in [4.69, 9.17) is 5.73 Å². The van der Waals surface area contributed by atoms with Crippen LogP contribution in [0.5, 0.6) is 0 Å². The zero-order valence-electron chi connectivity index (χ0n) is 8.23. The Kier molecular flexibility index (Phi) is 1.96. The third-order valence-corrected chi connectivity index (χ3v) is 2.02. The van der Waals surface area contributed by atoms with E-state index in [2.05, 4.69) is 9.97 Å². The lowest BCUT2D eigenvalue weighted by molar-refractivity contribution is 1.07. The fourth-order valence-corrected chi connectivity index (χ4v) is 1.42. The summed E-state index contributed by atoms with van der Waals surface area (Å²) < 4.78 is 0. The second kappa shape index (κ2) is 3.14. The highest BCUT2D eigenvalue weighted by Crippen LogP contribution is 2.22. The fraction of sp³-hybridized carbons (Fsp3) is 0.200.